The van der Waals surface area contributed by atoms with Gasteiger partial charge in [-0.15, -0.1) is 0 Å². The Morgan fingerprint density at radius 3 is 2.41 bits per heavy atom. The van der Waals surface area contributed by atoms with Gasteiger partial charge in [0.15, 0.2) is 0 Å². The second-order valence-corrected chi connectivity index (χ2v) is 6.51. The van der Waals surface area contributed by atoms with Crippen molar-refractivity contribution in [3.05, 3.63) is 42.2 Å². The predicted octanol–water partition coefficient (Wildman–Crippen LogP) is 1.35. The number of hydrogen-bond acceptors (Lipinski definition) is 7. The molecule has 1 aromatic carbocycles. The average molecular weight is 370 g/mol. The number of methoxy groups -OCH3 is 1. The summed E-state index contributed by atoms with van der Waals surface area (Å²) < 4.78 is 4.90. The minimum atomic E-state index is -0.213. The second kappa shape index (κ2) is 9.29. The Labute approximate surface area is 159 Å². The van der Waals surface area contributed by atoms with Crippen LogP contribution in [0.5, 0.6) is 0 Å². The van der Waals surface area contributed by atoms with Crippen molar-refractivity contribution < 1.29 is 9.53 Å². The predicted molar refractivity (Wildman–Crippen MR) is 106 cm³/mol. The molecule has 3 rings (SSSR count). The van der Waals surface area contributed by atoms with E-state index in [2.05, 4.69) is 49.6 Å². The van der Waals surface area contributed by atoms with Gasteiger partial charge >= 0.3 is 0 Å². The minimum Gasteiger partial charge on any atom is -0.383 e. The molecule has 1 saturated heterocycles. The molecule has 27 heavy (non-hydrogen) atoms. The number of nitrogens with zero attached hydrogens (tertiary/aromatic N) is 4. The van der Waals surface area contributed by atoms with Crippen molar-refractivity contribution in [2.75, 3.05) is 63.7 Å². The zero-order chi connectivity index (χ0) is 19.1. The Morgan fingerprint density at radius 1 is 1.11 bits per heavy atom. The first kappa shape index (κ1) is 19.1. The number of benzene rings is 1. The van der Waals surface area contributed by atoms with E-state index in [1.165, 1.54) is 18.1 Å². The first-order chi connectivity index (χ1) is 13.2. The molecular formula is C19H26N6O2. The van der Waals surface area contributed by atoms with Crippen molar-refractivity contribution in [3.8, 4) is 0 Å². The van der Waals surface area contributed by atoms with Crippen molar-refractivity contribution in [1.82, 2.24) is 20.2 Å². The van der Waals surface area contributed by atoms with Crippen LogP contribution in [0.2, 0.25) is 0 Å². The minimum absolute atomic E-state index is 0.213. The lowest BCUT2D eigenvalue weighted by Crippen LogP contribution is -2.44. The molecule has 0 saturated carbocycles. The molecule has 2 N–H and O–H groups in total. The van der Waals surface area contributed by atoms with E-state index in [-0.39, 0.29) is 5.91 Å². The van der Waals surface area contributed by atoms with E-state index in [0.717, 1.165) is 31.9 Å². The van der Waals surface area contributed by atoms with Crippen molar-refractivity contribution in [2.45, 2.75) is 0 Å². The molecule has 0 radical (unpaired) electrons. The molecule has 0 unspecified atom stereocenters. The van der Waals surface area contributed by atoms with Gasteiger partial charge in [0.25, 0.3) is 5.91 Å². The number of carbonyl (C=O) groups is 1. The van der Waals surface area contributed by atoms with Gasteiger partial charge in [-0.1, -0.05) is 0 Å². The van der Waals surface area contributed by atoms with Crippen molar-refractivity contribution in [1.29, 1.82) is 0 Å². The van der Waals surface area contributed by atoms with Crippen molar-refractivity contribution >= 4 is 23.2 Å². The summed E-state index contributed by atoms with van der Waals surface area (Å²) in [6, 6.07) is 8.24. The summed E-state index contributed by atoms with van der Waals surface area (Å²) in [7, 11) is 3.74. The van der Waals surface area contributed by atoms with Gasteiger partial charge in [-0.05, 0) is 31.3 Å². The third-order valence-electron chi connectivity index (χ3n) is 4.50. The Morgan fingerprint density at radius 2 is 1.78 bits per heavy atom. The largest absolute Gasteiger partial charge is 0.383 e. The highest BCUT2D eigenvalue weighted by Crippen LogP contribution is 2.20. The van der Waals surface area contributed by atoms with E-state index in [1.807, 2.05) is 12.1 Å². The highest BCUT2D eigenvalue weighted by Gasteiger charge is 2.14. The molecule has 0 atom stereocenters. The Hall–Kier alpha value is -2.71. The topological polar surface area (TPSA) is 82.6 Å². The molecule has 1 aromatic heterocycles. The maximum Gasteiger partial charge on any atom is 0.254 e. The zero-order valence-corrected chi connectivity index (χ0v) is 15.8. The standard InChI is InChI=1S/C19H26N6O2/c1-24-8-10-25(11-9-24)17-5-3-16(4-6-17)23-19-21-13-15(14-22-19)18(26)20-7-12-27-2/h3-6,13-14H,7-12H2,1-2H3,(H,20,26)(H,21,22,23). The quantitative estimate of drug-likeness (QED) is 0.712. The van der Waals surface area contributed by atoms with Gasteiger partial charge in [0.05, 0.1) is 12.2 Å². The SMILES string of the molecule is COCCNC(=O)c1cnc(Nc2ccc(N3CCN(C)CC3)cc2)nc1. The van der Waals surface area contributed by atoms with Crippen molar-refractivity contribution in [3.63, 3.8) is 0 Å². The maximum atomic E-state index is 11.9. The van der Waals surface area contributed by atoms with E-state index in [1.54, 1.807) is 7.11 Å². The fraction of sp³-hybridized carbons (Fsp3) is 0.421. The van der Waals surface area contributed by atoms with Crippen LogP contribution in [0.25, 0.3) is 0 Å². The summed E-state index contributed by atoms with van der Waals surface area (Å²) in [4.78, 5) is 25.1. The summed E-state index contributed by atoms with van der Waals surface area (Å²) in [5.41, 5.74) is 2.55. The summed E-state index contributed by atoms with van der Waals surface area (Å²) in [5.74, 6) is 0.242. The van der Waals surface area contributed by atoms with Gasteiger partial charge in [-0.25, -0.2) is 9.97 Å². The van der Waals surface area contributed by atoms with E-state index >= 15 is 0 Å². The van der Waals surface area contributed by atoms with E-state index < -0.39 is 0 Å². The molecule has 2 aromatic rings. The maximum absolute atomic E-state index is 11.9. The molecule has 1 aliphatic heterocycles. The summed E-state index contributed by atoms with van der Waals surface area (Å²) in [5, 5.41) is 5.90. The number of piperazine rings is 1. The smallest absolute Gasteiger partial charge is 0.254 e. The Bertz CT molecular complexity index is 727. The van der Waals surface area contributed by atoms with Gasteiger partial charge in [0, 0.05) is 63.6 Å². The Balaban J connectivity index is 1.55. The number of anilines is 3. The molecule has 2 heterocycles. The van der Waals surface area contributed by atoms with Crippen LogP contribution < -0.4 is 15.5 Å². The molecule has 144 valence electrons. The van der Waals surface area contributed by atoms with Crippen LogP contribution in [0.3, 0.4) is 0 Å². The molecule has 1 aliphatic rings. The fourth-order valence-electron chi connectivity index (χ4n) is 2.83. The van der Waals surface area contributed by atoms with Crippen LogP contribution in [-0.2, 0) is 4.74 Å². The fourth-order valence-corrected chi connectivity index (χ4v) is 2.83. The van der Waals surface area contributed by atoms with E-state index in [9.17, 15) is 4.79 Å². The normalized spacial score (nSPS) is 14.8. The number of amides is 1. The van der Waals surface area contributed by atoms with Gasteiger partial charge in [0.1, 0.15) is 0 Å². The summed E-state index contributed by atoms with van der Waals surface area (Å²) in [6.45, 7) is 5.17. The number of aromatic nitrogens is 2. The monoisotopic (exact) mass is 370 g/mol. The van der Waals surface area contributed by atoms with Crippen LogP contribution in [0, 0.1) is 0 Å². The first-order valence-electron chi connectivity index (χ1n) is 9.05. The lowest BCUT2D eigenvalue weighted by atomic mass is 10.2. The van der Waals surface area contributed by atoms with E-state index in [4.69, 9.17) is 4.74 Å². The van der Waals surface area contributed by atoms with Gasteiger partial charge in [0.2, 0.25) is 5.95 Å². The van der Waals surface area contributed by atoms with E-state index in [0.29, 0.717) is 24.7 Å². The molecule has 0 bridgehead atoms. The zero-order valence-electron chi connectivity index (χ0n) is 15.8. The molecule has 0 spiro atoms. The highest BCUT2D eigenvalue weighted by atomic mass is 16.5. The van der Waals surface area contributed by atoms with Crippen LogP contribution in [0.1, 0.15) is 10.4 Å². The van der Waals surface area contributed by atoms with Gasteiger partial charge < -0.3 is 25.2 Å². The number of ether oxygens (including phenoxy) is 1. The molecule has 1 amide bonds. The lowest BCUT2D eigenvalue weighted by molar-refractivity contribution is 0.0936. The second-order valence-electron chi connectivity index (χ2n) is 6.51. The molecule has 8 nitrogen and oxygen atoms in total. The highest BCUT2D eigenvalue weighted by molar-refractivity contribution is 5.93. The number of rotatable bonds is 7. The van der Waals surface area contributed by atoms with Crippen LogP contribution in [0.4, 0.5) is 17.3 Å². The number of hydrogen-bond donors (Lipinski definition) is 2. The van der Waals surface area contributed by atoms with Gasteiger partial charge in [-0.3, -0.25) is 4.79 Å². The van der Waals surface area contributed by atoms with Crippen molar-refractivity contribution in [2.24, 2.45) is 0 Å². The summed E-state index contributed by atoms with van der Waals surface area (Å²) in [6.07, 6.45) is 3.02. The summed E-state index contributed by atoms with van der Waals surface area (Å²) >= 11 is 0. The van der Waals surface area contributed by atoms with Crippen LogP contribution in [-0.4, -0.2) is 74.3 Å². The third-order valence-corrected chi connectivity index (χ3v) is 4.50. The molecule has 8 heteroatoms. The molecule has 1 fully saturated rings. The Kier molecular flexibility index (Phi) is 6.56. The number of likely N-dealkylation sites (N-methyl/N-ethyl adjacent to an activating group) is 1. The number of carbonyl (C=O) groups excluding carboxylic acids is 1. The van der Waals surface area contributed by atoms with Crippen LogP contribution in [0.15, 0.2) is 36.7 Å². The molecule has 0 aliphatic carbocycles. The van der Waals surface area contributed by atoms with Crippen LogP contribution >= 0.6 is 0 Å². The first-order valence-corrected chi connectivity index (χ1v) is 9.05. The number of nitrogens with one attached hydrogen (secondary N) is 2. The average Bonchev–Trinajstić information content (AvgIpc) is 2.70. The lowest BCUT2D eigenvalue weighted by Gasteiger charge is -2.34. The molecular weight excluding hydrogens is 344 g/mol. The third kappa shape index (κ3) is 5.38. The van der Waals surface area contributed by atoms with Gasteiger partial charge in [-0.2, -0.15) is 0 Å².